The van der Waals surface area contributed by atoms with Gasteiger partial charge in [0.1, 0.15) is 12.0 Å². The number of benzene rings is 1. The van der Waals surface area contributed by atoms with Crippen molar-refractivity contribution >= 4 is 40.2 Å². The van der Waals surface area contributed by atoms with Crippen LogP contribution in [-0.4, -0.2) is 89.5 Å². The number of morpholine rings is 1. The van der Waals surface area contributed by atoms with E-state index in [2.05, 4.69) is 32.2 Å². The molecule has 2 N–H and O–H groups in total. The maximum Gasteiger partial charge on any atom is 0.231 e. The van der Waals surface area contributed by atoms with E-state index in [0.29, 0.717) is 44.0 Å². The number of hydrogen-bond donors (Lipinski definition) is 2. The smallest absolute Gasteiger partial charge is 0.231 e. The Kier molecular flexibility index (Phi) is 9.20. The molecule has 0 spiro atoms. The van der Waals surface area contributed by atoms with E-state index in [1.54, 1.807) is 7.11 Å². The van der Waals surface area contributed by atoms with Crippen molar-refractivity contribution in [1.29, 1.82) is 0 Å². The van der Waals surface area contributed by atoms with Crippen molar-refractivity contribution in [3.8, 4) is 5.75 Å². The number of carbonyl (C=O) groups is 1. The number of rotatable bonds is 8. The fraction of sp³-hybridized carbons (Fsp3) is 0.636. The Labute approximate surface area is 264 Å². The van der Waals surface area contributed by atoms with Gasteiger partial charge in [0.15, 0.2) is 17.0 Å². The molecule has 242 valence electrons. The minimum atomic E-state index is -0.0730. The molecule has 45 heavy (non-hydrogen) atoms. The Hall–Kier alpha value is -3.64. The van der Waals surface area contributed by atoms with Gasteiger partial charge >= 0.3 is 0 Å². The van der Waals surface area contributed by atoms with Crippen molar-refractivity contribution in [3.05, 3.63) is 24.5 Å². The van der Waals surface area contributed by atoms with Crippen LogP contribution in [0, 0.1) is 5.92 Å². The van der Waals surface area contributed by atoms with Gasteiger partial charge in [0.05, 0.1) is 32.3 Å². The summed E-state index contributed by atoms with van der Waals surface area (Å²) in [4.78, 5) is 32.0. The van der Waals surface area contributed by atoms with Crippen molar-refractivity contribution < 1.29 is 19.0 Å². The molecule has 2 aromatic heterocycles. The SMILES string of the molecule is COc1cc(N2CCC(C(=O)N3CCOCC3)CC2)ccc1Nc1nc(NC2CCCCC2)c2ncn(C3CCCCO3)c2n1. The summed E-state index contributed by atoms with van der Waals surface area (Å²) in [7, 11) is 1.69. The quantitative estimate of drug-likeness (QED) is 0.353. The average molecular weight is 619 g/mol. The number of amides is 1. The van der Waals surface area contributed by atoms with E-state index in [4.69, 9.17) is 29.2 Å². The number of aromatic nitrogens is 4. The molecule has 1 amide bonds. The molecular formula is C33H46N8O4. The summed E-state index contributed by atoms with van der Waals surface area (Å²) in [5.41, 5.74) is 3.42. The number of ether oxygens (including phenoxy) is 3. The molecule has 1 saturated carbocycles. The molecule has 7 rings (SSSR count). The fourth-order valence-corrected chi connectivity index (χ4v) is 7.19. The molecule has 3 aromatic rings. The number of imidazole rings is 1. The van der Waals surface area contributed by atoms with Gasteiger partial charge in [-0.05, 0) is 57.1 Å². The average Bonchev–Trinajstić information content (AvgIpc) is 3.54. The van der Waals surface area contributed by atoms with Crippen LogP contribution in [0.5, 0.6) is 5.75 Å². The first-order chi connectivity index (χ1) is 22.2. The Morgan fingerprint density at radius 1 is 0.933 bits per heavy atom. The van der Waals surface area contributed by atoms with Crippen molar-refractivity contribution in [2.24, 2.45) is 5.92 Å². The van der Waals surface area contributed by atoms with Crippen LogP contribution in [0.4, 0.5) is 23.1 Å². The summed E-state index contributed by atoms with van der Waals surface area (Å²) >= 11 is 0. The summed E-state index contributed by atoms with van der Waals surface area (Å²) in [5.74, 6) is 2.33. The van der Waals surface area contributed by atoms with Crippen LogP contribution in [0.15, 0.2) is 24.5 Å². The number of hydrogen-bond acceptors (Lipinski definition) is 10. The van der Waals surface area contributed by atoms with Crippen LogP contribution >= 0.6 is 0 Å². The third kappa shape index (κ3) is 6.67. The van der Waals surface area contributed by atoms with E-state index in [1.165, 1.54) is 19.3 Å². The number of anilines is 4. The van der Waals surface area contributed by atoms with Gasteiger partial charge in [0.2, 0.25) is 11.9 Å². The lowest BCUT2D eigenvalue weighted by molar-refractivity contribution is -0.140. The topological polar surface area (TPSA) is 119 Å². The van der Waals surface area contributed by atoms with Gasteiger partial charge in [-0.3, -0.25) is 9.36 Å². The minimum Gasteiger partial charge on any atom is -0.494 e. The normalized spacial score (nSPS) is 22.0. The van der Waals surface area contributed by atoms with Gasteiger partial charge in [-0.25, -0.2) is 4.98 Å². The molecule has 0 bridgehead atoms. The first kappa shape index (κ1) is 30.0. The number of carbonyl (C=O) groups excluding carboxylic acids is 1. The summed E-state index contributed by atoms with van der Waals surface area (Å²) in [6.07, 6.45) is 12.6. The van der Waals surface area contributed by atoms with E-state index in [9.17, 15) is 4.79 Å². The molecule has 3 aliphatic heterocycles. The Bertz CT molecular complexity index is 1450. The molecule has 3 saturated heterocycles. The molecule has 12 heteroatoms. The lowest BCUT2D eigenvalue weighted by Crippen LogP contribution is -2.46. The highest BCUT2D eigenvalue weighted by Crippen LogP contribution is 2.35. The molecule has 4 aliphatic rings. The van der Waals surface area contributed by atoms with E-state index in [-0.39, 0.29) is 18.1 Å². The Balaban J connectivity index is 1.10. The minimum absolute atomic E-state index is 0.0730. The zero-order valence-corrected chi connectivity index (χ0v) is 26.4. The van der Waals surface area contributed by atoms with Crippen LogP contribution in [-0.2, 0) is 14.3 Å². The Morgan fingerprint density at radius 3 is 2.49 bits per heavy atom. The lowest BCUT2D eigenvalue weighted by Gasteiger charge is -2.36. The predicted molar refractivity (Wildman–Crippen MR) is 173 cm³/mol. The maximum absolute atomic E-state index is 13.0. The first-order valence-corrected chi connectivity index (χ1v) is 16.9. The molecule has 1 aromatic carbocycles. The molecule has 1 aliphatic carbocycles. The molecule has 1 atom stereocenters. The molecular weight excluding hydrogens is 572 g/mol. The van der Waals surface area contributed by atoms with Crippen molar-refractivity contribution in [2.45, 2.75) is 76.5 Å². The van der Waals surface area contributed by atoms with E-state index < -0.39 is 0 Å². The van der Waals surface area contributed by atoms with Gasteiger partial charge in [0.25, 0.3) is 0 Å². The highest BCUT2D eigenvalue weighted by Gasteiger charge is 2.30. The lowest BCUT2D eigenvalue weighted by atomic mass is 9.94. The summed E-state index contributed by atoms with van der Waals surface area (Å²) in [6, 6.07) is 6.58. The summed E-state index contributed by atoms with van der Waals surface area (Å²) < 4.78 is 19.4. The van der Waals surface area contributed by atoms with Crippen LogP contribution in [0.2, 0.25) is 0 Å². The highest BCUT2D eigenvalue weighted by molar-refractivity contribution is 5.85. The summed E-state index contributed by atoms with van der Waals surface area (Å²) in [6.45, 7) is 5.10. The van der Waals surface area contributed by atoms with Crippen molar-refractivity contribution in [3.63, 3.8) is 0 Å². The zero-order valence-electron chi connectivity index (χ0n) is 26.4. The molecule has 1 unspecified atom stereocenters. The van der Waals surface area contributed by atoms with Gasteiger partial charge < -0.3 is 34.6 Å². The van der Waals surface area contributed by atoms with Gasteiger partial charge in [-0.2, -0.15) is 9.97 Å². The molecule has 12 nitrogen and oxygen atoms in total. The second-order valence-corrected chi connectivity index (χ2v) is 12.7. The highest BCUT2D eigenvalue weighted by atomic mass is 16.5. The molecule has 4 fully saturated rings. The third-order valence-corrected chi connectivity index (χ3v) is 9.80. The monoisotopic (exact) mass is 618 g/mol. The van der Waals surface area contributed by atoms with Gasteiger partial charge in [-0.1, -0.05) is 19.3 Å². The van der Waals surface area contributed by atoms with Crippen molar-refractivity contribution in [1.82, 2.24) is 24.4 Å². The van der Waals surface area contributed by atoms with Crippen molar-refractivity contribution in [2.75, 3.05) is 68.6 Å². The fourth-order valence-electron chi connectivity index (χ4n) is 7.19. The number of piperidine rings is 1. The molecule has 5 heterocycles. The summed E-state index contributed by atoms with van der Waals surface area (Å²) in [5, 5.41) is 7.15. The van der Waals surface area contributed by atoms with Gasteiger partial charge in [-0.15, -0.1) is 0 Å². The number of nitrogens with one attached hydrogen (secondary N) is 2. The van der Waals surface area contributed by atoms with Crippen LogP contribution in [0.1, 0.15) is 70.4 Å². The zero-order chi connectivity index (χ0) is 30.6. The van der Waals surface area contributed by atoms with Gasteiger partial charge in [0, 0.05) is 56.5 Å². The maximum atomic E-state index is 13.0. The van der Waals surface area contributed by atoms with Crippen LogP contribution < -0.4 is 20.3 Å². The van der Waals surface area contributed by atoms with E-state index >= 15 is 0 Å². The Morgan fingerprint density at radius 2 is 1.73 bits per heavy atom. The largest absolute Gasteiger partial charge is 0.494 e. The van der Waals surface area contributed by atoms with Crippen LogP contribution in [0.25, 0.3) is 11.2 Å². The first-order valence-electron chi connectivity index (χ1n) is 16.9. The van der Waals surface area contributed by atoms with E-state index in [1.807, 2.05) is 17.3 Å². The number of fused-ring (bicyclic) bond motifs is 1. The molecule has 0 radical (unpaired) electrons. The number of nitrogens with zero attached hydrogens (tertiary/aromatic N) is 6. The second-order valence-electron chi connectivity index (χ2n) is 12.7. The number of methoxy groups -OCH3 is 1. The third-order valence-electron chi connectivity index (χ3n) is 9.80. The van der Waals surface area contributed by atoms with Crippen LogP contribution in [0.3, 0.4) is 0 Å². The standard InChI is InChI=1S/C33H46N8O4/c1-43-27-21-25(39-14-12-23(13-15-39)32(42)40-16-19-44-20-17-40)10-11-26(27)36-33-37-30(35-24-7-3-2-4-8-24)29-31(38-33)41(22-34-29)28-9-5-6-18-45-28/h10-11,21-24,28H,2-9,12-20H2,1H3,(H2,35,36,37,38). The predicted octanol–water partition coefficient (Wildman–Crippen LogP) is 5.10. The van der Waals surface area contributed by atoms with E-state index in [0.717, 1.165) is 93.0 Å². The second kappa shape index (κ2) is 13.8.